The van der Waals surface area contributed by atoms with Gasteiger partial charge in [-0.1, -0.05) is 0 Å². The van der Waals surface area contributed by atoms with Crippen LogP contribution in [0.5, 0.6) is 0 Å². The van der Waals surface area contributed by atoms with Gasteiger partial charge in [-0.3, -0.25) is 0 Å². The maximum absolute atomic E-state index is 5.43. The van der Waals surface area contributed by atoms with Crippen LogP contribution in [0.3, 0.4) is 0 Å². The van der Waals surface area contributed by atoms with Crippen molar-refractivity contribution >= 4 is 41.8 Å². The van der Waals surface area contributed by atoms with Gasteiger partial charge in [0.2, 0.25) is 0 Å². The molecule has 2 aliphatic rings. The van der Waals surface area contributed by atoms with Gasteiger partial charge in [-0.15, -0.1) is 24.8 Å². The Labute approximate surface area is 290 Å². The van der Waals surface area contributed by atoms with Crippen molar-refractivity contribution < 1.29 is 11.6 Å². The third kappa shape index (κ3) is 6.16. The molecule has 0 heterocycles. The van der Waals surface area contributed by atoms with Gasteiger partial charge in [-0.2, -0.15) is 0 Å². The summed E-state index contributed by atoms with van der Waals surface area (Å²) < 4.78 is 14.3. The molecule has 4 aromatic carbocycles. The van der Waals surface area contributed by atoms with E-state index in [1.54, 1.807) is 12.1 Å². The van der Waals surface area contributed by atoms with Gasteiger partial charge in [-0.25, -0.2) is 0 Å². The summed E-state index contributed by atoms with van der Waals surface area (Å²) in [6.07, 6.45) is 9.18. The van der Waals surface area contributed by atoms with E-state index in [-0.39, 0.29) is 35.6 Å². The molecule has 47 heavy (non-hydrogen) atoms. The van der Waals surface area contributed by atoms with Gasteiger partial charge in [0.15, 0.2) is 0 Å². The number of hydrogen-bond donors (Lipinski definition) is 0. The molecule has 0 spiro atoms. The molecular weight excluding hydrogens is 723 g/mol. The molecule has 0 bridgehead atoms. The van der Waals surface area contributed by atoms with Crippen LogP contribution in [0.1, 0.15) is 70.2 Å². The molecule has 0 aromatic heterocycles. The summed E-state index contributed by atoms with van der Waals surface area (Å²) in [4.78, 5) is 0. The van der Waals surface area contributed by atoms with Gasteiger partial charge in [0.1, 0.15) is 0 Å². The predicted octanol–water partition coefficient (Wildman–Crippen LogP) is 11.1. The Balaban J connectivity index is 0.00000250. The molecular formula is C42H56Cl2Si2Zr. The Morgan fingerprint density at radius 2 is 1.13 bits per heavy atom. The van der Waals surface area contributed by atoms with Crippen molar-refractivity contribution in [2.24, 2.45) is 0 Å². The number of halogens is 2. The minimum absolute atomic E-state index is 0. The molecule has 4 aromatic rings. The summed E-state index contributed by atoms with van der Waals surface area (Å²) >= 11 is -5.43. The van der Waals surface area contributed by atoms with Crippen LogP contribution in [-0.4, -0.2) is 13.8 Å². The number of rotatable bonds is 4. The molecule has 2 aliphatic carbocycles. The summed E-state index contributed by atoms with van der Waals surface area (Å²) in [5.41, 5.74) is 14.3. The third-order valence-corrected chi connectivity index (χ3v) is 39.7. The Kier molecular flexibility index (Phi) is 7.88. The third-order valence-electron chi connectivity index (χ3n) is 11.2. The van der Waals surface area contributed by atoms with E-state index in [0.717, 1.165) is 12.8 Å². The van der Waals surface area contributed by atoms with Crippen LogP contribution in [0.25, 0.3) is 33.4 Å². The standard InChI is InChI=1S/C33H33.C5H5.4CH3.2ClH.2H2Si.Zr/c1-32(2,3)30-20-26-24(18-28(30)22-13-9-7-10-14-22)17-25-19-29(23-15-11-8-12-16-23)31(21-27(25)26)33(4,5)6;1-2-4-5-3-1;;;;;;;;;/h7-16,18,20-21H,17H2,1-6H3;1-3H,4H2;4*1H3;2*1H;2*1H2;. The van der Waals surface area contributed by atoms with Crippen LogP contribution >= 0.6 is 24.8 Å². The molecule has 0 amide bonds. The summed E-state index contributed by atoms with van der Waals surface area (Å²) in [6, 6.07) is 30.1. The molecule has 0 fully saturated rings. The number of allylic oxidation sites excluding steroid dienone is 4. The van der Waals surface area contributed by atoms with Crippen molar-refractivity contribution in [3.63, 3.8) is 0 Å². The van der Waals surface area contributed by atoms with Gasteiger partial charge in [0, 0.05) is 0 Å². The van der Waals surface area contributed by atoms with Crippen molar-refractivity contribution in [3.8, 4) is 33.4 Å². The number of fused-ring (bicyclic) bond motifs is 3. The Morgan fingerprint density at radius 3 is 1.62 bits per heavy atom. The van der Waals surface area contributed by atoms with E-state index >= 15 is 0 Å². The zero-order valence-electron chi connectivity index (χ0n) is 30.4. The average Bonchev–Trinajstić information content (AvgIpc) is 3.60. The predicted molar refractivity (Wildman–Crippen MR) is 219 cm³/mol. The fourth-order valence-electron chi connectivity index (χ4n) is 8.69. The first-order chi connectivity index (χ1) is 20.3. The minimum Gasteiger partial charge on any atom is -0.147 e. The average molecular weight is 779 g/mol. The molecule has 5 heteroatoms. The largest absolute Gasteiger partial charge is 0.147 e. The molecule has 0 nitrogen and oxygen atoms in total. The first kappa shape index (κ1) is 38.1. The van der Waals surface area contributed by atoms with Crippen molar-refractivity contribution in [1.82, 2.24) is 0 Å². The van der Waals surface area contributed by atoms with E-state index in [1.807, 2.05) is 0 Å². The van der Waals surface area contributed by atoms with E-state index in [4.69, 9.17) is 0 Å². The normalized spacial score (nSPS) is 17.4. The summed E-state index contributed by atoms with van der Waals surface area (Å²) in [5, 5.41) is 0. The van der Waals surface area contributed by atoms with Crippen LogP contribution in [0.2, 0.25) is 18.5 Å². The second kappa shape index (κ2) is 9.73. The zero-order chi connectivity index (χ0) is 33.0. The van der Waals surface area contributed by atoms with Gasteiger partial charge in [0.05, 0.1) is 0 Å². The maximum Gasteiger partial charge on any atom is -0.147 e. The van der Waals surface area contributed by atoms with Crippen LogP contribution in [0.15, 0.2) is 100 Å². The zero-order valence-corrected chi connectivity index (χ0v) is 37.3. The second-order valence-corrected chi connectivity index (χ2v) is 122. The molecule has 6 rings (SSSR count). The molecule has 0 aliphatic heterocycles. The van der Waals surface area contributed by atoms with Gasteiger partial charge >= 0.3 is 268 Å². The first-order valence-corrected chi connectivity index (χ1v) is 41.1. The van der Waals surface area contributed by atoms with E-state index in [9.17, 15) is 0 Å². The quantitative estimate of drug-likeness (QED) is 0.159. The topological polar surface area (TPSA) is 0 Å². The van der Waals surface area contributed by atoms with Gasteiger partial charge in [-0.05, 0) is 0 Å². The Morgan fingerprint density at radius 1 is 0.617 bits per heavy atom. The van der Waals surface area contributed by atoms with E-state index < -0.39 is 11.6 Å². The van der Waals surface area contributed by atoms with Gasteiger partial charge in [0.25, 0.3) is 0 Å². The first-order valence-electron chi connectivity index (χ1n) is 16.9. The van der Waals surface area contributed by atoms with Crippen LogP contribution in [-0.2, 0) is 28.8 Å². The summed E-state index contributed by atoms with van der Waals surface area (Å²) in [5.74, 6) is 0. The number of hydrogen-bond acceptors (Lipinski definition) is 0. The van der Waals surface area contributed by atoms with E-state index in [0.29, 0.717) is 0 Å². The van der Waals surface area contributed by atoms with Crippen LogP contribution < -0.4 is 3.27 Å². The van der Waals surface area contributed by atoms with Crippen molar-refractivity contribution in [2.75, 3.05) is 0 Å². The SMILES string of the molecule is CC(C)(C)c1cc2c(cc1-c1ccccc1)Cc1c-2cc(C(C)(C)C)c(-c2ccccc2)[c]1[Zr]([CH3])([CH3])([CH3])([CH3])(=[SiH2])(=[SiH2])[C]1=CC=CC1.Cl.Cl. The molecule has 0 atom stereocenters. The molecule has 0 saturated heterocycles. The van der Waals surface area contributed by atoms with Crippen molar-refractivity contribution in [3.05, 3.63) is 123 Å². The molecule has 0 radical (unpaired) electrons. The Bertz CT molecular complexity index is 2270. The van der Waals surface area contributed by atoms with Crippen LogP contribution in [0.4, 0.5) is 0 Å². The smallest absolute Gasteiger partial charge is 0.147 e. The van der Waals surface area contributed by atoms with Crippen LogP contribution in [0, 0.1) is 0 Å². The molecule has 250 valence electrons. The summed E-state index contributed by atoms with van der Waals surface area (Å²) in [7, 11) is 0. The van der Waals surface area contributed by atoms with E-state index in [1.165, 1.54) is 50.1 Å². The monoisotopic (exact) mass is 776 g/mol. The molecule has 0 N–H and O–H groups in total. The van der Waals surface area contributed by atoms with Crippen molar-refractivity contribution in [2.45, 2.75) is 83.7 Å². The molecule has 0 unspecified atom stereocenters. The molecule has 0 saturated carbocycles. The second-order valence-electron chi connectivity index (χ2n) is 21.9. The van der Waals surface area contributed by atoms with Crippen molar-refractivity contribution in [1.29, 1.82) is 0 Å². The Hall–Kier alpha value is -1.74. The van der Waals surface area contributed by atoms with Gasteiger partial charge < -0.3 is 0 Å². The van der Waals surface area contributed by atoms with E-state index in [2.05, 4.69) is 171 Å². The fraction of sp³-hybridized carbons (Fsp3) is 0.333. The maximum atomic E-state index is 2.74. The summed E-state index contributed by atoms with van der Waals surface area (Å²) in [6.45, 7) is 19.1. The minimum atomic E-state index is -5.43. The fourth-order valence-corrected chi connectivity index (χ4v) is 32.4. The number of benzene rings is 4.